The normalized spacial score (nSPS) is 12.0. The molecular weight excluding hydrogens is 294 g/mol. The van der Waals surface area contributed by atoms with Crippen LogP contribution >= 0.6 is 11.6 Å². The molecule has 0 fully saturated rings. The summed E-state index contributed by atoms with van der Waals surface area (Å²) in [4.78, 5) is 11.6. The Morgan fingerprint density at radius 1 is 1.43 bits per heavy atom. The molecule has 0 bridgehead atoms. The van der Waals surface area contributed by atoms with Crippen LogP contribution in [-0.2, 0) is 20.8 Å². The molecule has 1 aromatic carbocycles. The van der Waals surface area contributed by atoms with Crippen molar-refractivity contribution in [2.45, 2.75) is 26.5 Å². The number of hydrogen-bond acceptors (Lipinski definition) is 5. The number of nitrogens with one attached hydrogen (secondary N) is 1. The van der Waals surface area contributed by atoms with Gasteiger partial charge in [0.1, 0.15) is 5.75 Å². The van der Waals surface area contributed by atoms with Gasteiger partial charge >= 0.3 is 5.97 Å². The molecule has 1 rings (SSSR count). The number of carbonyl (C=O) groups excluding carboxylic acids is 1. The van der Waals surface area contributed by atoms with Crippen LogP contribution in [-0.4, -0.2) is 38.9 Å². The van der Waals surface area contributed by atoms with Gasteiger partial charge in [0.25, 0.3) is 0 Å². The summed E-state index contributed by atoms with van der Waals surface area (Å²) in [6.07, 6.45) is -0.679. The highest BCUT2D eigenvalue weighted by Crippen LogP contribution is 2.27. The van der Waals surface area contributed by atoms with Crippen molar-refractivity contribution in [3.8, 4) is 5.75 Å². The van der Waals surface area contributed by atoms with E-state index in [0.29, 0.717) is 37.1 Å². The second kappa shape index (κ2) is 9.60. The van der Waals surface area contributed by atoms with Crippen LogP contribution in [0.5, 0.6) is 5.75 Å². The summed E-state index contributed by atoms with van der Waals surface area (Å²) in [6.45, 7) is 5.59. The Morgan fingerprint density at radius 2 is 2.19 bits per heavy atom. The SMILES string of the molecule is CCOC(=O)C(C)Oc1cccc(Cl)c1CNCCOC. The van der Waals surface area contributed by atoms with Gasteiger partial charge in [0, 0.05) is 30.8 Å². The molecule has 0 radical (unpaired) electrons. The van der Waals surface area contributed by atoms with E-state index in [9.17, 15) is 4.79 Å². The van der Waals surface area contributed by atoms with Gasteiger partial charge in [-0.05, 0) is 26.0 Å². The van der Waals surface area contributed by atoms with E-state index in [4.69, 9.17) is 25.8 Å². The zero-order valence-electron chi connectivity index (χ0n) is 12.6. The highest BCUT2D eigenvalue weighted by Gasteiger charge is 2.18. The average Bonchev–Trinajstić information content (AvgIpc) is 2.46. The third-order valence-electron chi connectivity index (χ3n) is 2.78. The van der Waals surface area contributed by atoms with Crippen LogP contribution < -0.4 is 10.1 Å². The maximum absolute atomic E-state index is 11.6. The van der Waals surface area contributed by atoms with Crippen LogP contribution in [0.4, 0.5) is 0 Å². The summed E-state index contributed by atoms with van der Waals surface area (Å²) in [5.74, 6) is 0.184. The highest BCUT2D eigenvalue weighted by molar-refractivity contribution is 6.31. The molecule has 1 unspecified atom stereocenters. The predicted molar refractivity (Wildman–Crippen MR) is 81.8 cm³/mol. The first-order chi connectivity index (χ1) is 10.1. The Morgan fingerprint density at radius 3 is 2.86 bits per heavy atom. The van der Waals surface area contributed by atoms with E-state index < -0.39 is 12.1 Å². The first-order valence-electron chi connectivity index (χ1n) is 6.90. The third-order valence-corrected chi connectivity index (χ3v) is 3.14. The first-order valence-corrected chi connectivity index (χ1v) is 7.28. The van der Waals surface area contributed by atoms with E-state index in [1.165, 1.54) is 0 Å². The molecule has 1 atom stereocenters. The molecule has 5 nitrogen and oxygen atoms in total. The Labute approximate surface area is 130 Å². The molecule has 21 heavy (non-hydrogen) atoms. The Bertz CT molecular complexity index is 453. The zero-order valence-corrected chi connectivity index (χ0v) is 13.4. The van der Waals surface area contributed by atoms with Crippen LogP contribution in [0.25, 0.3) is 0 Å². The fourth-order valence-electron chi connectivity index (χ4n) is 1.71. The van der Waals surface area contributed by atoms with Crippen LogP contribution in [0.1, 0.15) is 19.4 Å². The zero-order chi connectivity index (χ0) is 15.7. The van der Waals surface area contributed by atoms with Gasteiger partial charge in [-0.15, -0.1) is 0 Å². The van der Waals surface area contributed by atoms with Crippen molar-refractivity contribution in [2.75, 3.05) is 26.9 Å². The number of ether oxygens (including phenoxy) is 3. The lowest BCUT2D eigenvalue weighted by Crippen LogP contribution is -2.27. The second-order valence-corrected chi connectivity index (χ2v) is 4.81. The summed E-state index contributed by atoms with van der Waals surface area (Å²) in [7, 11) is 1.65. The van der Waals surface area contributed by atoms with E-state index in [2.05, 4.69) is 5.32 Å². The van der Waals surface area contributed by atoms with Gasteiger partial charge in [0.15, 0.2) is 6.10 Å². The van der Waals surface area contributed by atoms with E-state index in [1.807, 2.05) is 0 Å². The minimum absolute atomic E-state index is 0.327. The first kappa shape index (κ1) is 17.8. The molecule has 0 amide bonds. The smallest absolute Gasteiger partial charge is 0.347 e. The summed E-state index contributed by atoms with van der Waals surface area (Å²) in [6, 6.07) is 5.36. The molecule has 6 heteroatoms. The van der Waals surface area contributed by atoms with Gasteiger partial charge in [-0.3, -0.25) is 0 Å². The molecule has 1 N–H and O–H groups in total. The summed E-state index contributed by atoms with van der Waals surface area (Å²) < 4.78 is 15.6. The predicted octanol–water partition coefficient (Wildman–Crippen LogP) is 2.41. The lowest BCUT2D eigenvalue weighted by atomic mass is 10.2. The lowest BCUT2D eigenvalue weighted by molar-refractivity contribution is -0.150. The average molecular weight is 316 g/mol. The molecule has 118 valence electrons. The lowest BCUT2D eigenvalue weighted by Gasteiger charge is -2.17. The van der Waals surface area contributed by atoms with Gasteiger partial charge in [-0.25, -0.2) is 4.79 Å². The molecule has 0 aliphatic carbocycles. The van der Waals surface area contributed by atoms with Crippen molar-refractivity contribution < 1.29 is 19.0 Å². The Balaban J connectivity index is 2.72. The van der Waals surface area contributed by atoms with Crippen LogP contribution in [0, 0.1) is 0 Å². The largest absolute Gasteiger partial charge is 0.479 e. The van der Waals surface area contributed by atoms with Crippen molar-refractivity contribution in [1.82, 2.24) is 5.32 Å². The van der Waals surface area contributed by atoms with Gasteiger partial charge < -0.3 is 19.5 Å². The molecule has 0 aliphatic heterocycles. The minimum atomic E-state index is -0.679. The topological polar surface area (TPSA) is 56.8 Å². The number of hydrogen-bond donors (Lipinski definition) is 1. The third kappa shape index (κ3) is 5.91. The summed E-state index contributed by atoms with van der Waals surface area (Å²) in [5.41, 5.74) is 0.811. The molecular formula is C15H22ClNO4. The van der Waals surface area contributed by atoms with Crippen molar-refractivity contribution in [1.29, 1.82) is 0 Å². The number of benzene rings is 1. The number of halogens is 1. The number of esters is 1. The molecule has 1 aromatic rings. The molecule has 0 aromatic heterocycles. The molecule has 0 saturated carbocycles. The number of rotatable bonds is 9. The molecule has 0 aliphatic rings. The van der Waals surface area contributed by atoms with Gasteiger partial charge in [0.05, 0.1) is 13.2 Å². The number of carbonyl (C=O) groups is 1. The van der Waals surface area contributed by atoms with Crippen molar-refractivity contribution in [3.63, 3.8) is 0 Å². The van der Waals surface area contributed by atoms with E-state index >= 15 is 0 Å². The van der Waals surface area contributed by atoms with Crippen LogP contribution in [0.2, 0.25) is 5.02 Å². The summed E-state index contributed by atoms with van der Waals surface area (Å²) >= 11 is 6.20. The van der Waals surface area contributed by atoms with Crippen molar-refractivity contribution in [3.05, 3.63) is 28.8 Å². The van der Waals surface area contributed by atoms with Gasteiger partial charge in [-0.2, -0.15) is 0 Å². The quantitative estimate of drug-likeness (QED) is 0.560. The fraction of sp³-hybridized carbons (Fsp3) is 0.533. The fourth-order valence-corrected chi connectivity index (χ4v) is 1.94. The highest BCUT2D eigenvalue weighted by atomic mass is 35.5. The summed E-state index contributed by atoms with van der Waals surface area (Å²) in [5, 5.41) is 3.80. The second-order valence-electron chi connectivity index (χ2n) is 4.40. The maximum Gasteiger partial charge on any atom is 0.347 e. The number of methoxy groups -OCH3 is 1. The van der Waals surface area contributed by atoms with Crippen LogP contribution in [0.3, 0.4) is 0 Å². The van der Waals surface area contributed by atoms with Crippen molar-refractivity contribution in [2.24, 2.45) is 0 Å². The maximum atomic E-state index is 11.6. The van der Waals surface area contributed by atoms with E-state index in [-0.39, 0.29) is 0 Å². The molecule has 0 spiro atoms. The van der Waals surface area contributed by atoms with Gasteiger partial charge in [0.2, 0.25) is 0 Å². The molecule has 0 saturated heterocycles. The Kier molecular flexibility index (Phi) is 8.12. The minimum Gasteiger partial charge on any atom is -0.479 e. The van der Waals surface area contributed by atoms with Gasteiger partial charge in [-0.1, -0.05) is 17.7 Å². The van der Waals surface area contributed by atoms with E-state index in [1.54, 1.807) is 39.2 Å². The molecule has 0 heterocycles. The standard InChI is InChI=1S/C15H22ClNO4/c1-4-20-15(18)11(2)21-14-7-5-6-13(16)12(14)10-17-8-9-19-3/h5-7,11,17H,4,8-10H2,1-3H3. The van der Waals surface area contributed by atoms with Crippen LogP contribution in [0.15, 0.2) is 18.2 Å². The Hall–Kier alpha value is -1.30. The van der Waals surface area contributed by atoms with Crippen molar-refractivity contribution >= 4 is 17.6 Å². The monoisotopic (exact) mass is 315 g/mol. The van der Waals surface area contributed by atoms with E-state index in [0.717, 1.165) is 5.56 Å².